The first-order valence-electron chi connectivity index (χ1n) is 7.69. The van der Waals surface area contributed by atoms with E-state index in [1.807, 2.05) is 6.92 Å². The molecule has 0 radical (unpaired) electrons. The van der Waals surface area contributed by atoms with Gasteiger partial charge in [-0.25, -0.2) is 4.98 Å². The van der Waals surface area contributed by atoms with Gasteiger partial charge in [0.05, 0.1) is 6.33 Å². The van der Waals surface area contributed by atoms with Gasteiger partial charge in [-0.05, 0) is 24.7 Å². The zero-order chi connectivity index (χ0) is 15.0. The van der Waals surface area contributed by atoms with Crippen molar-refractivity contribution in [2.75, 3.05) is 29.9 Å². The van der Waals surface area contributed by atoms with Crippen molar-refractivity contribution in [1.82, 2.24) is 19.9 Å². The number of aromatic amines is 1. The lowest BCUT2D eigenvalue weighted by atomic mass is 9.80. The third-order valence-corrected chi connectivity index (χ3v) is 4.31. The van der Waals surface area contributed by atoms with Crippen molar-refractivity contribution >= 4 is 22.9 Å². The standard InChI is InChI=1S/C15H24N6/c1-5-16-14-19-12-11(17-9-18-12)13(20-14)21-7-6-10(8-21)15(2,3)4/h9-10H,5-8H2,1-4H3,(H2,16,17,18,19,20). The number of imidazole rings is 1. The molecule has 0 aromatic carbocycles. The van der Waals surface area contributed by atoms with Crippen molar-refractivity contribution < 1.29 is 0 Å². The monoisotopic (exact) mass is 288 g/mol. The van der Waals surface area contributed by atoms with Gasteiger partial charge < -0.3 is 15.2 Å². The highest BCUT2D eigenvalue weighted by Gasteiger charge is 2.33. The minimum absolute atomic E-state index is 0.333. The first-order valence-corrected chi connectivity index (χ1v) is 7.69. The average molecular weight is 288 g/mol. The van der Waals surface area contributed by atoms with E-state index >= 15 is 0 Å². The minimum atomic E-state index is 0.333. The van der Waals surface area contributed by atoms with Crippen molar-refractivity contribution in [3.63, 3.8) is 0 Å². The molecule has 114 valence electrons. The van der Waals surface area contributed by atoms with Crippen LogP contribution in [0.25, 0.3) is 11.2 Å². The molecular weight excluding hydrogens is 264 g/mol. The summed E-state index contributed by atoms with van der Waals surface area (Å²) in [6.45, 7) is 11.9. The molecule has 6 heteroatoms. The van der Waals surface area contributed by atoms with Gasteiger partial charge in [-0.15, -0.1) is 0 Å². The fourth-order valence-electron chi connectivity index (χ4n) is 2.94. The Morgan fingerprint density at radius 3 is 2.86 bits per heavy atom. The van der Waals surface area contributed by atoms with E-state index in [2.05, 4.69) is 45.9 Å². The summed E-state index contributed by atoms with van der Waals surface area (Å²) in [6.07, 6.45) is 2.90. The van der Waals surface area contributed by atoms with Gasteiger partial charge in [-0.1, -0.05) is 20.8 Å². The predicted molar refractivity (Wildman–Crippen MR) is 85.6 cm³/mol. The second-order valence-electron chi connectivity index (χ2n) is 6.80. The molecule has 3 heterocycles. The van der Waals surface area contributed by atoms with E-state index < -0.39 is 0 Å². The Hall–Kier alpha value is -1.85. The van der Waals surface area contributed by atoms with Crippen molar-refractivity contribution in [2.24, 2.45) is 11.3 Å². The molecule has 2 aromatic heterocycles. The van der Waals surface area contributed by atoms with Crippen LogP contribution < -0.4 is 10.2 Å². The van der Waals surface area contributed by atoms with E-state index in [9.17, 15) is 0 Å². The van der Waals surface area contributed by atoms with Gasteiger partial charge in [-0.2, -0.15) is 9.97 Å². The summed E-state index contributed by atoms with van der Waals surface area (Å²) >= 11 is 0. The molecule has 2 aromatic rings. The molecule has 1 saturated heterocycles. The normalized spacial score (nSPS) is 19.4. The molecule has 1 unspecified atom stereocenters. The number of nitrogens with zero attached hydrogens (tertiary/aromatic N) is 4. The van der Waals surface area contributed by atoms with Gasteiger partial charge in [0.2, 0.25) is 5.95 Å². The molecule has 0 spiro atoms. The quantitative estimate of drug-likeness (QED) is 0.908. The molecular formula is C15H24N6. The van der Waals surface area contributed by atoms with E-state index in [0.717, 1.165) is 36.6 Å². The Labute approximate surface area is 125 Å². The van der Waals surface area contributed by atoms with Gasteiger partial charge in [0.25, 0.3) is 0 Å². The predicted octanol–water partition coefficient (Wildman–Crippen LogP) is 2.66. The highest BCUT2D eigenvalue weighted by molar-refractivity contribution is 5.84. The highest BCUT2D eigenvalue weighted by Crippen LogP contribution is 2.36. The molecule has 0 aliphatic carbocycles. The van der Waals surface area contributed by atoms with Crippen LogP contribution >= 0.6 is 0 Å². The second kappa shape index (κ2) is 5.16. The van der Waals surface area contributed by atoms with E-state index in [-0.39, 0.29) is 0 Å². The van der Waals surface area contributed by atoms with Crippen LogP contribution in [0.15, 0.2) is 6.33 Å². The molecule has 0 amide bonds. The summed E-state index contributed by atoms with van der Waals surface area (Å²) in [4.78, 5) is 19.0. The number of anilines is 2. The van der Waals surface area contributed by atoms with Crippen molar-refractivity contribution in [1.29, 1.82) is 0 Å². The molecule has 6 nitrogen and oxygen atoms in total. The van der Waals surface area contributed by atoms with Crippen LogP contribution in [0.5, 0.6) is 0 Å². The molecule has 3 rings (SSSR count). The number of hydrogen-bond donors (Lipinski definition) is 2. The summed E-state index contributed by atoms with van der Waals surface area (Å²) in [5, 5.41) is 3.19. The largest absolute Gasteiger partial charge is 0.354 e. The number of nitrogens with one attached hydrogen (secondary N) is 2. The van der Waals surface area contributed by atoms with Gasteiger partial charge in [0, 0.05) is 19.6 Å². The van der Waals surface area contributed by atoms with E-state index in [1.165, 1.54) is 6.42 Å². The Kier molecular flexibility index (Phi) is 3.47. The summed E-state index contributed by atoms with van der Waals surface area (Å²) in [5.41, 5.74) is 2.00. The van der Waals surface area contributed by atoms with Crippen LogP contribution in [0.1, 0.15) is 34.1 Å². The molecule has 1 aliphatic rings. The van der Waals surface area contributed by atoms with Gasteiger partial charge in [0.15, 0.2) is 11.5 Å². The van der Waals surface area contributed by atoms with E-state index in [0.29, 0.717) is 17.3 Å². The zero-order valence-corrected chi connectivity index (χ0v) is 13.3. The molecule has 21 heavy (non-hydrogen) atoms. The van der Waals surface area contributed by atoms with Gasteiger partial charge in [-0.3, -0.25) is 0 Å². The van der Waals surface area contributed by atoms with Gasteiger partial charge >= 0.3 is 0 Å². The Morgan fingerprint density at radius 2 is 2.19 bits per heavy atom. The van der Waals surface area contributed by atoms with Crippen LogP contribution in [-0.2, 0) is 0 Å². The summed E-state index contributed by atoms with van der Waals surface area (Å²) in [6, 6.07) is 0. The van der Waals surface area contributed by atoms with Crippen molar-refractivity contribution in [3.8, 4) is 0 Å². The molecule has 2 N–H and O–H groups in total. The second-order valence-corrected chi connectivity index (χ2v) is 6.80. The third kappa shape index (κ3) is 2.66. The first-order chi connectivity index (χ1) is 9.99. The number of aromatic nitrogens is 4. The van der Waals surface area contributed by atoms with Crippen LogP contribution in [0.2, 0.25) is 0 Å². The van der Waals surface area contributed by atoms with E-state index in [1.54, 1.807) is 6.33 Å². The van der Waals surface area contributed by atoms with Crippen molar-refractivity contribution in [3.05, 3.63) is 6.33 Å². The maximum Gasteiger partial charge on any atom is 0.226 e. The molecule has 1 fully saturated rings. The lowest BCUT2D eigenvalue weighted by Gasteiger charge is -2.27. The molecule has 0 saturated carbocycles. The molecule has 1 aliphatic heterocycles. The van der Waals surface area contributed by atoms with E-state index in [4.69, 9.17) is 4.98 Å². The summed E-state index contributed by atoms with van der Waals surface area (Å²) in [5.74, 6) is 2.32. The summed E-state index contributed by atoms with van der Waals surface area (Å²) in [7, 11) is 0. The van der Waals surface area contributed by atoms with Crippen LogP contribution in [0.3, 0.4) is 0 Å². The first kappa shape index (κ1) is 14.1. The molecule has 1 atom stereocenters. The van der Waals surface area contributed by atoms with Gasteiger partial charge in [0.1, 0.15) is 5.52 Å². The fourth-order valence-corrected chi connectivity index (χ4v) is 2.94. The summed E-state index contributed by atoms with van der Waals surface area (Å²) < 4.78 is 0. The lowest BCUT2D eigenvalue weighted by molar-refractivity contribution is 0.263. The Bertz CT molecular complexity index is 627. The maximum absolute atomic E-state index is 4.69. The number of fused-ring (bicyclic) bond motifs is 1. The SMILES string of the molecule is CCNc1nc(N2CCC(C(C)(C)C)C2)c2[nH]cnc2n1. The van der Waals surface area contributed by atoms with Crippen LogP contribution in [-0.4, -0.2) is 39.6 Å². The van der Waals surface area contributed by atoms with Crippen LogP contribution in [0, 0.1) is 11.3 Å². The number of rotatable bonds is 3. The highest BCUT2D eigenvalue weighted by atomic mass is 15.3. The third-order valence-electron chi connectivity index (χ3n) is 4.31. The molecule has 0 bridgehead atoms. The lowest BCUT2D eigenvalue weighted by Crippen LogP contribution is -2.26. The van der Waals surface area contributed by atoms with Crippen LogP contribution in [0.4, 0.5) is 11.8 Å². The topological polar surface area (TPSA) is 69.7 Å². The Morgan fingerprint density at radius 1 is 1.38 bits per heavy atom. The minimum Gasteiger partial charge on any atom is -0.354 e. The fraction of sp³-hybridized carbons (Fsp3) is 0.667. The van der Waals surface area contributed by atoms with Crippen molar-refractivity contribution in [2.45, 2.75) is 34.1 Å². The zero-order valence-electron chi connectivity index (χ0n) is 13.3. The number of H-pyrrole nitrogens is 1. The average Bonchev–Trinajstić information content (AvgIpc) is 3.06. The Balaban J connectivity index is 1.94. The number of hydrogen-bond acceptors (Lipinski definition) is 5. The smallest absolute Gasteiger partial charge is 0.226 e. The maximum atomic E-state index is 4.69.